The van der Waals surface area contributed by atoms with E-state index in [4.69, 9.17) is 4.74 Å². The molecule has 4 rings (SSSR count). The standard InChI is InChI=1S/C21H23N5O2/c1-24(19-5-6-20(23-14-19)26-9-11-28-12-10-26)21(27)18-4-2-3-17(13-18)15-25-8-7-22-16-25/h2-8,13-14,16H,9-12,15H2,1H3. The van der Waals surface area contributed by atoms with Crippen molar-refractivity contribution in [1.29, 1.82) is 0 Å². The zero-order valence-corrected chi connectivity index (χ0v) is 15.9. The first-order chi connectivity index (χ1) is 13.7. The van der Waals surface area contributed by atoms with Crippen molar-refractivity contribution in [3.8, 4) is 0 Å². The largest absolute Gasteiger partial charge is 0.378 e. The van der Waals surface area contributed by atoms with Gasteiger partial charge in [0.05, 0.1) is 31.4 Å². The minimum atomic E-state index is -0.0617. The van der Waals surface area contributed by atoms with Crippen LogP contribution in [0.15, 0.2) is 61.3 Å². The van der Waals surface area contributed by atoms with Gasteiger partial charge in [-0.2, -0.15) is 0 Å². The van der Waals surface area contributed by atoms with E-state index in [1.165, 1.54) is 0 Å². The number of carbonyl (C=O) groups excluding carboxylic acids is 1. The van der Waals surface area contributed by atoms with E-state index in [9.17, 15) is 4.79 Å². The van der Waals surface area contributed by atoms with Crippen molar-refractivity contribution in [3.63, 3.8) is 0 Å². The third-order valence-corrected chi connectivity index (χ3v) is 4.86. The van der Waals surface area contributed by atoms with E-state index in [0.29, 0.717) is 12.1 Å². The summed E-state index contributed by atoms with van der Waals surface area (Å²) in [4.78, 5) is 25.3. The molecular formula is C21H23N5O2. The molecule has 0 unspecified atom stereocenters. The molecule has 0 aliphatic carbocycles. The fraction of sp³-hybridized carbons (Fsp3) is 0.286. The highest BCUT2D eigenvalue weighted by atomic mass is 16.5. The summed E-state index contributed by atoms with van der Waals surface area (Å²) >= 11 is 0. The van der Waals surface area contributed by atoms with Crippen LogP contribution in [0.5, 0.6) is 0 Å². The molecule has 0 spiro atoms. The van der Waals surface area contributed by atoms with Crippen LogP contribution in [-0.2, 0) is 11.3 Å². The number of carbonyl (C=O) groups is 1. The highest BCUT2D eigenvalue weighted by Crippen LogP contribution is 2.20. The molecule has 28 heavy (non-hydrogen) atoms. The summed E-state index contributed by atoms with van der Waals surface area (Å²) in [7, 11) is 1.77. The fourth-order valence-corrected chi connectivity index (χ4v) is 3.26. The van der Waals surface area contributed by atoms with E-state index >= 15 is 0 Å². The van der Waals surface area contributed by atoms with Crippen LogP contribution in [-0.4, -0.2) is 53.8 Å². The Hall–Kier alpha value is -3.19. The zero-order valence-electron chi connectivity index (χ0n) is 15.9. The van der Waals surface area contributed by atoms with E-state index in [1.54, 1.807) is 30.7 Å². The predicted octanol–water partition coefficient (Wildman–Crippen LogP) is 2.44. The number of anilines is 2. The Balaban J connectivity index is 1.47. The Morgan fingerprint density at radius 2 is 2.07 bits per heavy atom. The number of pyridine rings is 1. The Morgan fingerprint density at radius 1 is 1.21 bits per heavy atom. The number of benzene rings is 1. The van der Waals surface area contributed by atoms with Gasteiger partial charge in [0.1, 0.15) is 5.82 Å². The summed E-state index contributed by atoms with van der Waals surface area (Å²) in [5.41, 5.74) is 2.47. The van der Waals surface area contributed by atoms with Crippen molar-refractivity contribution in [2.75, 3.05) is 43.2 Å². The van der Waals surface area contributed by atoms with Crippen molar-refractivity contribution < 1.29 is 9.53 Å². The molecule has 7 nitrogen and oxygen atoms in total. The summed E-state index contributed by atoms with van der Waals surface area (Å²) in [6.45, 7) is 3.80. The molecule has 144 valence electrons. The highest BCUT2D eigenvalue weighted by Gasteiger charge is 2.16. The first-order valence-electron chi connectivity index (χ1n) is 9.32. The summed E-state index contributed by atoms with van der Waals surface area (Å²) in [6, 6.07) is 11.6. The lowest BCUT2D eigenvalue weighted by atomic mass is 10.1. The number of aromatic nitrogens is 3. The summed E-state index contributed by atoms with van der Waals surface area (Å²) in [5.74, 6) is 0.851. The number of amides is 1. The van der Waals surface area contributed by atoms with Crippen molar-refractivity contribution in [3.05, 3.63) is 72.4 Å². The topological polar surface area (TPSA) is 63.5 Å². The Labute approximate surface area is 164 Å². The second-order valence-electron chi connectivity index (χ2n) is 6.77. The SMILES string of the molecule is CN(C(=O)c1cccc(Cn2ccnc2)c1)c1ccc(N2CCOCC2)nc1. The van der Waals surface area contributed by atoms with E-state index in [0.717, 1.165) is 43.4 Å². The van der Waals surface area contributed by atoms with Gasteiger partial charge in [0.25, 0.3) is 5.91 Å². The third kappa shape index (κ3) is 4.04. The molecule has 0 bridgehead atoms. The van der Waals surface area contributed by atoms with Crippen molar-refractivity contribution >= 4 is 17.4 Å². The summed E-state index contributed by atoms with van der Waals surface area (Å²) in [5, 5.41) is 0. The quantitative estimate of drug-likeness (QED) is 0.683. The molecule has 1 aliphatic heterocycles. The van der Waals surface area contributed by atoms with Crippen LogP contribution < -0.4 is 9.80 Å². The molecule has 7 heteroatoms. The number of rotatable bonds is 5. The molecular weight excluding hydrogens is 354 g/mol. The summed E-state index contributed by atoms with van der Waals surface area (Å²) in [6.07, 6.45) is 7.17. The lowest BCUT2D eigenvalue weighted by Crippen LogP contribution is -2.36. The molecule has 1 saturated heterocycles. The van der Waals surface area contributed by atoms with Gasteiger partial charge in [-0.05, 0) is 29.8 Å². The molecule has 2 aromatic heterocycles. The van der Waals surface area contributed by atoms with Crippen molar-refractivity contribution in [1.82, 2.24) is 14.5 Å². The monoisotopic (exact) mass is 377 g/mol. The smallest absolute Gasteiger partial charge is 0.258 e. The number of hydrogen-bond acceptors (Lipinski definition) is 5. The average Bonchev–Trinajstić information content (AvgIpc) is 3.27. The lowest BCUT2D eigenvalue weighted by Gasteiger charge is -2.28. The number of nitrogens with zero attached hydrogens (tertiary/aromatic N) is 5. The molecule has 1 aliphatic rings. The van der Waals surface area contributed by atoms with Gasteiger partial charge < -0.3 is 19.1 Å². The molecule has 3 aromatic rings. The van der Waals surface area contributed by atoms with Crippen molar-refractivity contribution in [2.45, 2.75) is 6.54 Å². The van der Waals surface area contributed by atoms with Gasteiger partial charge in [0, 0.05) is 44.6 Å². The second-order valence-corrected chi connectivity index (χ2v) is 6.77. The van der Waals surface area contributed by atoms with E-state index in [1.807, 2.05) is 47.2 Å². The van der Waals surface area contributed by atoms with Crippen LogP contribution in [0.1, 0.15) is 15.9 Å². The normalized spacial score (nSPS) is 14.1. The van der Waals surface area contributed by atoms with Gasteiger partial charge >= 0.3 is 0 Å². The number of morpholine rings is 1. The van der Waals surface area contributed by atoms with Crippen LogP contribution in [0, 0.1) is 0 Å². The van der Waals surface area contributed by atoms with Gasteiger partial charge in [-0.1, -0.05) is 12.1 Å². The Morgan fingerprint density at radius 3 is 2.79 bits per heavy atom. The third-order valence-electron chi connectivity index (χ3n) is 4.86. The zero-order chi connectivity index (χ0) is 19.3. The summed E-state index contributed by atoms with van der Waals surface area (Å²) < 4.78 is 7.35. The first kappa shape index (κ1) is 18.2. The molecule has 1 aromatic carbocycles. The average molecular weight is 377 g/mol. The highest BCUT2D eigenvalue weighted by molar-refractivity contribution is 6.05. The van der Waals surface area contributed by atoms with Crippen LogP contribution in [0.25, 0.3) is 0 Å². The minimum Gasteiger partial charge on any atom is -0.378 e. The van der Waals surface area contributed by atoms with Crippen LogP contribution in [0.3, 0.4) is 0 Å². The van der Waals surface area contributed by atoms with Gasteiger partial charge in [-0.3, -0.25) is 4.79 Å². The molecule has 0 N–H and O–H groups in total. The Bertz CT molecular complexity index is 918. The first-order valence-corrected chi connectivity index (χ1v) is 9.32. The second kappa shape index (κ2) is 8.22. The van der Waals surface area contributed by atoms with Crippen LogP contribution in [0.2, 0.25) is 0 Å². The van der Waals surface area contributed by atoms with E-state index < -0.39 is 0 Å². The molecule has 1 amide bonds. The van der Waals surface area contributed by atoms with Gasteiger partial charge in [-0.15, -0.1) is 0 Å². The van der Waals surface area contributed by atoms with Gasteiger partial charge in [0.2, 0.25) is 0 Å². The number of imidazole rings is 1. The molecule has 0 radical (unpaired) electrons. The molecule has 0 atom stereocenters. The molecule has 0 saturated carbocycles. The molecule has 1 fully saturated rings. The lowest BCUT2D eigenvalue weighted by molar-refractivity contribution is 0.0993. The number of ether oxygens (including phenoxy) is 1. The van der Waals surface area contributed by atoms with Crippen molar-refractivity contribution in [2.24, 2.45) is 0 Å². The fourth-order valence-electron chi connectivity index (χ4n) is 3.26. The van der Waals surface area contributed by atoms with Gasteiger partial charge in [0.15, 0.2) is 0 Å². The van der Waals surface area contributed by atoms with Gasteiger partial charge in [-0.25, -0.2) is 9.97 Å². The van der Waals surface area contributed by atoms with E-state index in [2.05, 4.69) is 14.9 Å². The Kier molecular flexibility index (Phi) is 5.34. The maximum Gasteiger partial charge on any atom is 0.258 e. The minimum absolute atomic E-state index is 0.0617. The van der Waals surface area contributed by atoms with Crippen LogP contribution in [0.4, 0.5) is 11.5 Å². The molecule has 3 heterocycles. The maximum atomic E-state index is 12.9. The maximum absolute atomic E-state index is 12.9. The number of hydrogen-bond donors (Lipinski definition) is 0. The van der Waals surface area contributed by atoms with Crippen LogP contribution >= 0.6 is 0 Å². The van der Waals surface area contributed by atoms with E-state index in [-0.39, 0.29) is 5.91 Å². The predicted molar refractivity (Wildman–Crippen MR) is 108 cm³/mol.